The Morgan fingerprint density at radius 1 is 1.39 bits per heavy atom. The number of hydrogen-bond acceptors (Lipinski definition) is 8. The molecule has 3 aromatic rings. The van der Waals surface area contributed by atoms with Gasteiger partial charge in [-0.3, -0.25) is 15.2 Å². The maximum absolute atomic E-state index is 12.8. The molecular formula is C21H26N6O4. The van der Waals surface area contributed by atoms with Gasteiger partial charge in [0.15, 0.2) is 5.82 Å². The van der Waals surface area contributed by atoms with Crippen molar-refractivity contribution in [1.29, 1.82) is 0 Å². The maximum Gasteiger partial charge on any atom is 0.280 e. The van der Waals surface area contributed by atoms with Gasteiger partial charge in [0, 0.05) is 49.9 Å². The van der Waals surface area contributed by atoms with Crippen molar-refractivity contribution in [1.82, 2.24) is 30.0 Å². The number of methoxy groups -OCH3 is 1. The zero-order chi connectivity index (χ0) is 21.8. The van der Waals surface area contributed by atoms with Gasteiger partial charge in [-0.25, -0.2) is 14.6 Å². The van der Waals surface area contributed by atoms with Gasteiger partial charge in [-0.15, -0.1) is 0 Å². The highest BCUT2D eigenvalue weighted by molar-refractivity contribution is 5.62. The fourth-order valence-electron chi connectivity index (χ4n) is 3.48. The molecule has 10 heteroatoms. The Morgan fingerprint density at radius 3 is 3.00 bits per heavy atom. The van der Waals surface area contributed by atoms with Gasteiger partial charge in [0.2, 0.25) is 5.88 Å². The molecule has 2 unspecified atom stereocenters. The molecule has 4 rings (SSSR count). The van der Waals surface area contributed by atoms with Crippen LogP contribution >= 0.6 is 0 Å². The number of H-pyrrole nitrogens is 1. The zero-order valence-corrected chi connectivity index (χ0v) is 17.5. The summed E-state index contributed by atoms with van der Waals surface area (Å²) in [6.45, 7) is 2.95. The predicted molar refractivity (Wildman–Crippen MR) is 114 cm³/mol. The van der Waals surface area contributed by atoms with Crippen molar-refractivity contribution >= 4 is 0 Å². The van der Waals surface area contributed by atoms with E-state index in [2.05, 4.69) is 25.3 Å². The average molecular weight is 426 g/mol. The van der Waals surface area contributed by atoms with Crippen LogP contribution < -0.4 is 15.6 Å². The molecule has 2 atom stereocenters. The van der Waals surface area contributed by atoms with Gasteiger partial charge in [-0.05, 0) is 30.8 Å². The van der Waals surface area contributed by atoms with E-state index in [0.29, 0.717) is 41.5 Å². The maximum atomic E-state index is 12.8. The molecule has 164 valence electrons. The summed E-state index contributed by atoms with van der Waals surface area (Å²) < 4.78 is 12.2. The van der Waals surface area contributed by atoms with E-state index in [9.17, 15) is 9.90 Å². The second kappa shape index (κ2) is 9.40. The van der Waals surface area contributed by atoms with E-state index in [4.69, 9.17) is 9.47 Å². The number of morpholine rings is 1. The Labute approximate surface area is 179 Å². The Hall–Kier alpha value is -3.05. The molecule has 1 saturated heterocycles. The normalized spacial score (nSPS) is 18.1. The summed E-state index contributed by atoms with van der Waals surface area (Å²) in [7, 11) is 3.57. The summed E-state index contributed by atoms with van der Waals surface area (Å²) in [5, 5.41) is 16.4. The van der Waals surface area contributed by atoms with Gasteiger partial charge in [-0.1, -0.05) is 0 Å². The van der Waals surface area contributed by atoms with E-state index in [0.717, 1.165) is 13.1 Å². The summed E-state index contributed by atoms with van der Waals surface area (Å²) in [5.74, 6) is 0.851. The van der Waals surface area contributed by atoms with E-state index < -0.39 is 6.23 Å². The lowest BCUT2D eigenvalue weighted by atomic mass is 10.1. The first-order valence-electron chi connectivity index (χ1n) is 10.0. The van der Waals surface area contributed by atoms with Crippen molar-refractivity contribution in [2.75, 3.05) is 40.4 Å². The summed E-state index contributed by atoms with van der Waals surface area (Å²) in [4.78, 5) is 23.4. The SMILES string of the molecule is COc1cc(-c2c[nH]n(-c3ccc(C(O)NCC4CN(C)CCO4)cn3)c2=O)ccn1. The molecule has 4 heterocycles. The minimum absolute atomic E-state index is 0.0309. The van der Waals surface area contributed by atoms with Gasteiger partial charge >= 0.3 is 0 Å². The number of ether oxygens (including phenoxy) is 2. The van der Waals surface area contributed by atoms with Gasteiger partial charge in [0.1, 0.15) is 6.23 Å². The van der Waals surface area contributed by atoms with Crippen LogP contribution in [0.4, 0.5) is 0 Å². The van der Waals surface area contributed by atoms with Gasteiger partial charge in [0.25, 0.3) is 5.56 Å². The fraction of sp³-hybridized carbons (Fsp3) is 0.381. The first kappa shape index (κ1) is 21.2. The van der Waals surface area contributed by atoms with Crippen molar-refractivity contribution in [2.45, 2.75) is 12.3 Å². The van der Waals surface area contributed by atoms with Gasteiger partial charge < -0.3 is 19.5 Å². The van der Waals surface area contributed by atoms with E-state index in [1.807, 2.05) is 7.05 Å². The van der Waals surface area contributed by atoms with E-state index in [1.54, 1.807) is 42.9 Å². The standard InChI is InChI=1S/C21H26N6O4/c1-26-7-8-31-16(13-26)11-24-20(28)15-3-4-18(23-10-15)27-21(29)17(12-25-27)14-5-6-22-19(9-14)30-2/h3-6,9-10,12,16,20,24-25,28H,7-8,11,13H2,1-2H3. The quantitative estimate of drug-likeness (QED) is 0.469. The largest absolute Gasteiger partial charge is 0.481 e. The molecule has 0 aromatic carbocycles. The summed E-state index contributed by atoms with van der Waals surface area (Å²) in [6.07, 6.45) is 3.90. The molecule has 3 N–H and O–H groups in total. The Bertz CT molecular complexity index is 1060. The topological polar surface area (TPSA) is 118 Å². The highest BCUT2D eigenvalue weighted by Crippen LogP contribution is 2.19. The number of likely N-dealkylation sites (N-methyl/N-ethyl adjacent to an activating group) is 1. The lowest BCUT2D eigenvalue weighted by molar-refractivity contribution is -0.0255. The van der Waals surface area contributed by atoms with E-state index in [-0.39, 0.29) is 11.7 Å². The molecular weight excluding hydrogens is 400 g/mol. The lowest BCUT2D eigenvalue weighted by Gasteiger charge is -2.30. The van der Waals surface area contributed by atoms with Crippen LogP contribution in [0.25, 0.3) is 16.9 Å². The van der Waals surface area contributed by atoms with Crippen LogP contribution in [0, 0.1) is 0 Å². The second-order valence-electron chi connectivity index (χ2n) is 7.43. The molecule has 1 aliphatic heterocycles. The fourth-order valence-corrected chi connectivity index (χ4v) is 3.48. The van der Waals surface area contributed by atoms with Crippen LogP contribution in [0.1, 0.15) is 11.8 Å². The van der Waals surface area contributed by atoms with Crippen LogP contribution in [-0.4, -0.2) is 76.3 Å². The number of rotatable bonds is 7. The minimum atomic E-state index is -0.877. The minimum Gasteiger partial charge on any atom is -0.481 e. The summed E-state index contributed by atoms with van der Waals surface area (Å²) in [6, 6.07) is 6.85. The average Bonchev–Trinajstić information content (AvgIpc) is 3.19. The van der Waals surface area contributed by atoms with Crippen molar-refractivity contribution < 1.29 is 14.6 Å². The highest BCUT2D eigenvalue weighted by Gasteiger charge is 2.19. The van der Waals surface area contributed by atoms with E-state index in [1.165, 1.54) is 11.8 Å². The third-order valence-electron chi connectivity index (χ3n) is 5.22. The molecule has 0 amide bonds. The number of nitrogens with zero attached hydrogens (tertiary/aromatic N) is 4. The van der Waals surface area contributed by atoms with E-state index >= 15 is 0 Å². The predicted octanol–water partition coefficient (Wildman–Crippen LogP) is 0.542. The Morgan fingerprint density at radius 2 is 2.26 bits per heavy atom. The van der Waals surface area contributed by atoms with Gasteiger partial charge in [0.05, 0.1) is 25.4 Å². The summed E-state index contributed by atoms with van der Waals surface area (Å²) >= 11 is 0. The number of aliphatic hydroxyl groups excluding tert-OH is 1. The second-order valence-corrected chi connectivity index (χ2v) is 7.43. The van der Waals surface area contributed by atoms with Crippen molar-refractivity contribution in [3.63, 3.8) is 0 Å². The molecule has 1 fully saturated rings. The number of aromatic nitrogens is 4. The lowest BCUT2D eigenvalue weighted by Crippen LogP contribution is -2.45. The van der Waals surface area contributed by atoms with Crippen LogP contribution in [0.2, 0.25) is 0 Å². The zero-order valence-electron chi connectivity index (χ0n) is 17.5. The van der Waals surface area contributed by atoms with Crippen molar-refractivity contribution in [2.24, 2.45) is 0 Å². The first-order chi connectivity index (χ1) is 15.0. The number of hydrogen-bond donors (Lipinski definition) is 3. The molecule has 0 radical (unpaired) electrons. The molecule has 3 aromatic heterocycles. The Kier molecular flexibility index (Phi) is 6.42. The molecule has 31 heavy (non-hydrogen) atoms. The molecule has 0 aliphatic carbocycles. The molecule has 0 bridgehead atoms. The summed E-state index contributed by atoms with van der Waals surface area (Å²) in [5.41, 5.74) is 1.53. The van der Waals surface area contributed by atoms with Crippen LogP contribution in [0.3, 0.4) is 0 Å². The molecule has 1 aliphatic rings. The third-order valence-corrected chi connectivity index (χ3v) is 5.22. The first-order valence-corrected chi connectivity index (χ1v) is 10.0. The molecule has 0 spiro atoms. The van der Waals surface area contributed by atoms with Crippen LogP contribution in [0.15, 0.2) is 47.7 Å². The molecule has 0 saturated carbocycles. The highest BCUT2D eigenvalue weighted by atomic mass is 16.5. The third kappa shape index (κ3) is 4.83. The number of nitrogens with one attached hydrogen (secondary N) is 2. The van der Waals surface area contributed by atoms with Crippen molar-refractivity contribution in [3.05, 3.63) is 58.8 Å². The Balaban J connectivity index is 1.44. The number of aromatic amines is 1. The smallest absolute Gasteiger partial charge is 0.280 e. The van der Waals surface area contributed by atoms with Crippen molar-refractivity contribution in [3.8, 4) is 22.8 Å². The molecule has 10 nitrogen and oxygen atoms in total. The van der Waals surface area contributed by atoms with Crippen LogP contribution in [0.5, 0.6) is 5.88 Å². The number of aliphatic hydroxyl groups is 1. The van der Waals surface area contributed by atoms with Crippen LogP contribution in [-0.2, 0) is 4.74 Å². The monoisotopic (exact) mass is 426 g/mol. The number of pyridine rings is 2. The van der Waals surface area contributed by atoms with Gasteiger partial charge in [-0.2, -0.15) is 0 Å².